The first-order valence-corrected chi connectivity index (χ1v) is 9.04. The van der Waals surface area contributed by atoms with Gasteiger partial charge in [-0.15, -0.1) is 4.59 Å². The normalized spacial score (nSPS) is 22.0. The van der Waals surface area contributed by atoms with Crippen LogP contribution in [0.25, 0.3) is 0 Å². The summed E-state index contributed by atoms with van der Waals surface area (Å²) in [6.07, 6.45) is 16.8. The minimum Gasteiger partial charge on any atom is -0.492 e. The molecule has 2 aromatic rings. The summed E-state index contributed by atoms with van der Waals surface area (Å²) in [5, 5.41) is 0. The third-order valence-corrected chi connectivity index (χ3v) is 4.89. The minimum atomic E-state index is 0.00248. The van der Waals surface area contributed by atoms with E-state index in [0.717, 1.165) is 40.7 Å². The van der Waals surface area contributed by atoms with Crippen molar-refractivity contribution in [3.8, 4) is 5.75 Å². The highest BCUT2D eigenvalue weighted by Crippen LogP contribution is 2.36. The van der Waals surface area contributed by atoms with Crippen molar-refractivity contribution in [3.05, 3.63) is 96.1 Å². The lowest BCUT2D eigenvalue weighted by Crippen LogP contribution is -2.53. The molecule has 1 aliphatic carbocycles. The Labute approximate surface area is 162 Å². The van der Waals surface area contributed by atoms with Gasteiger partial charge >= 0.3 is 0 Å². The molecule has 1 atom stereocenters. The number of ether oxygens (including phenoxy) is 1. The van der Waals surface area contributed by atoms with Gasteiger partial charge in [0.2, 0.25) is 5.70 Å². The summed E-state index contributed by atoms with van der Waals surface area (Å²) in [5.74, 6) is 8.25. The van der Waals surface area contributed by atoms with Crippen LogP contribution in [-0.2, 0) is 6.54 Å². The maximum absolute atomic E-state index is 6.73. The van der Waals surface area contributed by atoms with Gasteiger partial charge in [0.1, 0.15) is 24.3 Å². The summed E-state index contributed by atoms with van der Waals surface area (Å²) < 4.78 is 7.90. The van der Waals surface area contributed by atoms with Gasteiger partial charge in [-0.2, -0.15) is 10.8 Å². The standard InChI is InChI=1S/C21H19N6O/c22-27-11-8-23-14-19(27)20(16-3-1-4-16)25-21(27)17-5-2-6-18(13-17)28-12-10-26-9-7-24-15-26/h1-9,11,13-15H,10,12,22H2/q+1. The molecule has 0 amide bonds. The highest BCUT2D eigenvalue weighted by molar-refractivity contribution is 6.01. The van der Waals surface area contributed by atoms with Crippen molar-refractivity contribution in [2.45, 2.75) is 6.54 Å². The van der Waals surface area contributed by atoms with Crippen molar-refractivity contribution in [1.29, 1.82) is 0 Å². The third kappa shape index (κ3) is 2.74. The number of hydrogen-bond acceptors (Lipinski definition) is 5. The lowest BCUT2D eigenvalue weighted by atomic mass is 10.0. The van der Waals surface area contributed by atoms with Crippen molar-refractivity contribution in [3.63, 3.8) is 0 Å². The van der Waals surface area contributed by atoms with E-state index in [1.807, 2.05) is 59.5 Å². The zero-order valence-corrected chi connectivity index (χ0v) is 15.1. The number of imidazole rings is 1. The number of nitrogens with two attached hydrogens (primary N) is 1. The maximum atomic E-state index is 6.73. The number of quaternary nitrogens is 1. The van der Waals surface area contributed by atoms with Crippen molar-refractivity contribution >= 4 is 12.1 Å². The Morgan fingerprint density at radius 1 is 1.25 bits per heavy atom. The van der Waals surface area contributed by atoms with Crippen LogP contribution < -0.4 is 10.6 Å². The summed E-state index contributed by atoms with van der Waals surface area (Å²) in [6, 6.07) is 7.87. The van der Waals surface area contributed by atoms with Crippen molar-refractivity contribution in [2.24, 2.45) is 15.8 Å². The molecule has 2 N–H and O–H groups in total. The second-order valence-corrected chi connectivity index (χ2v) is 6.68. The van der Waals surface area contributed by atoms with Crippen LogP contribution in [0.3, 0.4) is 0 Å². The Balaban J connectivity index is 1.41. The second-order valence-electron chi connectivity index (χ2n) is 6.68. The fraction of sp³-hybridized carbons (Fsp3) is 0.0952. The number of fused-ring (bicyclic) bond motifs is 1. The Kier molecular flexibility index (Phi) is 3.89. The lowest BCUT2D eigenvalue weighted by molar-refractivity contribution is -0.750. The molecule has 7 heteroatoms. The predicted octanol–water partition coefficient (Wildman–Crippen LogP) is 2.68. The summed E-state index contributed by atoms with van der Waals surface area (Å²) in [6.45, 7) is 1.28. The maximum Gasteiger partial charge on any atom is 0.265 e. The number of amidine groups is 1. The Hall–Kier alpha value is -3.55. The van der Waals surface area contributed by atoms with Crippen LogP contribution >= 0.6 is 0 Å². The van der Waals surface area contributed by atoms with E-state index in [1.54, 1.807) is 24.9 Å². The van der Waals surface area contributed by atoms with E-state index >= 15 is 0 Å². The Bertz CT molecular complexity index is 1100. The molecule has 0 saturated heterocycles. The van der Waals surface area contributed by atoms with E-state index in [-0.39, 0.29) is 4.59 Å². The van der Waals surface area contributed by atoms with E-state index in [4.69, 9.17) is 15.6 Å². The quantitative estimate of drug-likeness (QED) is 0.626. The van der Waals surface area contributed by atoms with E-state index in [2.05, 4.69) is 9.98 Å². The number of hydrogen-bond donors (Lipinski definition) is 1. The molecule has 138 valence electrons. The van der Waals surface area contributed by atoms with Crippen LogP contribution in [0, 0.1) is 0 Å². The highest BCUT2D eigenvalue weighted by Gasteiger charge is 2.44. The fourth-order valence-corrected chi connectivity index (χ4v) is 3.35. The number of rotatable bonds is 6. The molecule has 3 heterocycles. The zero-order valence-electron chi connectivity index (χ0n) is 15.1. The Morgan fingerprint density at radius 2 is 2.18 bits per heavy atom. The molecule has 1 aromatic carbocycles. The largest absolute Gasteiger partial charge is 0.492 e. The number of aliphatic imine (C=N–C) groups is 2. The summed E-state index contributed by atoms with van der Waals surface area (Å²) >= 11 is 0. The van der Waals surface area contributed by atoms with Crippen molar-refractivity contribution < 1.29 is 9.33 Å². The molecule has 3 aliphatic rings. The van der Waals surface area contributed by atoms with Crippen LogP contribution in [0.1, 0.15) is 5.56 Å². The summed E-state index contributed by atoms with van der Waals surface area (Å²) in [4.78, 5) is 13.2. The van der Waals surface area contributed by atoms with Crippen LogP contribution in [0.5, 0.6) is 5.75 Å². The predicted molar refractivity (Wildman–Crippen MR) is 107 cm³/mol. The monoisotopic (exact) mass is 371 g/mol. The molecule has 0 radical (unpaired) electrons. The van der Waals surface area contributed by atoms with E-state index < -0.39 is 0 Å². The van der Waals surface area contributed by atoms with Gasteiger partial charge in [0, 0.05) is 18.0 Å². The molecule has 0 bridgehead atoms. The lowest BCUT2D eigenvalue weighted by Gasteiger charge is -2.26. The smallest absolute Gasteiger partial charge is 0.265 e. The first-order chi connectivity index (χ1) is 13.7. The molecular formula is C21H19N6O+. The van der Waals surface area contributed by atoms with Gasteiger partial charge in [-0.25, -0.2) is 4.98 Å². The summed E-state index contributed by atoms with van der Waals surface area (Å²) in [5.41, 5.74) is 3.70. The highest BCUT2D eigenvalue weighted by atomic mass is 16.5. The molecular weight excluding hydrogens is 352 g/mol. The van der Waals surface area contributed by atoms with Crippen LogP contribution in [0.15, 0.2) is 101 Å². The van der Waals surface area contributed by atoms with Gasteiger partial charge in [0.15, 0.2) is 0 Å². The van der Waals surface area contributed by atoms with Gasteiger partial charge in [-0.05, 0) is 18.2 Å². The van der Waals surface area contributed by atoms with E-state index in [1.165, 1.54) is 0 Å². The molecule has 0 spiro atoms. The molecule has 1 aromatic heterocycles. The Morgan fingerprint density at radius 3 is 2.96 bits per heavy atom. The average Bonchev–Trinajstić information content (AvgIpc) is 3.27. The molecule has 1 unspecified atom stereocenters. The topological polar surface area (TPSA) is 77.8 Å². The van der Waals surface area contributed by atoms with Gasteiger partial charge in [-0.3, -0.25) is 4.99 Å². The minimum absolute atomic E-state index is 0.00248. The average molecular weight is 371 g/mol. The van der Waals surface area contributed by atoms with Gasteiger partial charge in [0.25, 0.3) is 5.84 Å². The molecule has 0 fully saturated rings. The number of benzene rings is 1. The summed E-state index contributed by atoms with van der Waals surface area (Å²) in [7, 11) is 0. The fourth-order valence-electron chi connectivity index (χ4n) is 3.35. The molecule has 5 rings (SSSR count). The van der Waals surface area contributed by atoms with Crippen molar-refractivity contribution in [1.82, 2.24) is 9.55 Å². The molecule has 7 nitrogen and oxygen atoms in total. The second kappa shape index (κ2) is 6.56. The SMILES string of the molecule is N[N+]12C=CN=CC1=C(C1=CC=C1)N=C2c1cccc(OCCn2ccnc2)c1. The molecule has 28 heavy (non-hydrogen) atoms. The van der Waals surface area contributed by atoms with Crippen LogP contribution in [0.2, 0.25) is 0 Å². The molecule has 0 saturated carbocycles. The molecule has 2 aliphatic heterocycles. The van der Waals surface area contributed by atoms with Gasteiger partial charge in [0.05, 0.1) is 30.9 Å². The number of aromatic nitrogens is 2. The van der Waals surface area contributed by atoms with Crippen LogP contribution in [-0.4, -0.2) is 32.8 Å². The van der Waals surface area contributed by atoms with Crippen LogP contribution in [0.4, 0.5) is 0 Å². The third-order valence-electron chi connectivity index (χ3n) is 4.89. The van der Waals surface area contributed by atoms with E-state index in [0.29, 0.717) is 6.61 Å². The first-order valence-electron chi connectivity index (χ1n) is 9.04. The van der Waals surface area contributed by atoms with Gasteiger partial charge < -0.3 is 9.30 Å². The zero-order chi connectivity index (χ0) is 19.0. The number of nitrogens with zero attached hydrogens (tertiary/aromatic N) is 5. The van der Waals surface area contributed by atoms with Gasteiger partial charge in [-0.1, -0.05) is 24.3 Å². The number of allylic oxidation sites excluding steroid dienone is 4. The first kappa shape index (κ1) is 16.6. The van der Waals surface area contributed by atoms with E-state index in [9.17, 15) is 0 Å². The van der Waals surface area contributed by atoms with Crippen molar-refractivity contribution in [2.75, 3.05) is 6.61 Å².